The minimum atomic E-state index is -0.907. The number of hydrogen-bond acceptors (Lipinski definition) is 5. The van der Waals surface area contributed by atoms with Gasteiger partial charge in [-0.3, -0.25) is 0 Å². The van der Waals surface area contributed by atoms with Crippen molar-refractivity contribution in [3.8, 4) is 6.01 Å². The van der Waals surface area contributed by atoms with Crippen LogP contribution in [0.4, 0.5) is 10.6 Å². The second-order valence-electron chi connectivity index (χ2n) is 4.37. The zero-order valence-corrected chi connectivity index (χ0v) is 10.9. The fraction of sp³-hybridized carbons (Fsp3) is 0.583. The number of nitrogens with zero attached hydrogens (tertiary/aromatic N) is 3. The summed E-state index contributed by atoms with van der Waals surface area (Å²) in [5.41, 5.74) is 0. The number of carbonyl (C=O) groups is 1. The van der Waals surface area contributed by atoms with Gasteiger partial charge in [0, 0.05) is 19.3 Å². The first kappa shape index (κ1) is 13.4. The third-order valence-corrected chi connectivity index (χ3v) is 2.91. The van der Waals surface area contributed by atoms with E-state index in [4.69, 9.17) is 9.84 Å². The van der Waals surface area contributed by atoms with Gasteiger partial charge in [-0.05, 0) is 25.8 Å². The fourth-order valence-electron chi connectivity index (χ4n) is 2.03. The Labute approximate surface area is 111 Å². The lowest BCUT2D eigenvalue weighted by atomic mass is 10.1. The maximum atomic E-state index is 10.9. The summed E-state index contributed by atoms with van der Waals surface area (Å²) in [5, 5.41) is 12.0. The van der Waals surface area contributed by atoms with Gasteiger partial charge in [0.1, 0.15) is 11.9 Å². The number of rotatable bonds is 4. The number of carboxylic acid groups (broad SMARTS) is 1. The smallest absolute Gasteiger partial charge is 0.407 e. The van der Waals surface area contributed by atoms with Crippen LogP contribution < -0.4 is 10.1 Å². The molecule has 1 saturated heterocycles. The lowest BCUT2D eigenvalue weighted by molar-refractivity contribution is 0.0740. The normalized spacial score (nSPS) is 19.0. The second kappa shape index (κ2) is 6.21. The lowest BCUT2D eigenvalue weighted by Gasteiger charge is -2.30. The van der Waals surface area contributed by atoms with Crippen LogP contribution in [0, 0.1) is 0 Å². The zero-order chi connectivity index (χ0) is 13.7. The van der Waals surface area contributed by atoms with Gasteiger partial charge < -0.3 is 20.1 Å². The summed E-state index contributed by atoms with van der Waals surface area (Å²) in [7, 11) is 0. The number of hydrogen-bond donors (Lipinski definition) is 2. The molecule has 1 fully saturated rings. The van der Waals surface area contributed by atoms with Crippen LogP contribution in [0.5, 0.6) is 6.01 Å². The van der Waals surface area contributed by atoms with Crippen LogP contribution in [0.2, 0.25) is 0 Å². The van der Waals surface area contributed by atoms with Crippen LogP contribution in [-0.2, 0) is 0 Å². The van der Waals surface area contributed by atoms with Crippen molar-refractivity contribution in [2.75, 3.05) is 25.0 Å². The number of piperidine rings is 1. The first-order valence-electron chi connectivity index (χ1n) is 6.40. The minimum absolute atomic E-state index is 0.179. The molecule has 0 radical (unpaired) electrons. The van der Waals surface area contributed by atoms with Crippen molar-refractivity contribution in [3.05, 3.63) is 12.3 Å². The van der Waals surface area contributed by atoms with E-state index in [1.54, 1.807) is 12.3 Å². The van der Waals surface area contributed by atoms with Gasteiger partial charge in [-0.15, -0.1) is 0 Å². The number of likely N-dealkylation sites (tertiary alicyclic amines) is 1. The van der Waals surface area contributed by atoms with Gasteiger partial charge in [-0.2, -0.15) is 4.98 Å². The third kappa shape index (κ3) is 3.70. The third-order valence-electron chi connectivity index (χ3n) is 2.91. The van der Waals surface area contributed by atoms with E-state index in [0.717, 1.165) is 19.4 Å². The van der Waals surface area contributed by atoms with Gasteiger partial charge in [0.05, 0.1) is 6.54 Å². The summed E-state index contributed by atoms with van der Waals surface area (Å²) >= 11 is 0. The number of ether oxygens (including phenoxy) is 1. The van der Waals surface area contributed by atoms with Crippen molar-refractivity contribution in [1.82, 2.24) is 14.9 Å². The van der Waals surface area contributed by atoms with E-state index in [-0.39, 0.29) is 12.1 Å². The number of amides is 1. The highest BCUT2D eigenvalue weighted by Crippen LogP contribution is 2.16. The monoisotopic (exact) mass is 266 g/mol. The minimum Gasteiger partial charge on any atom is -0.465 e. The van der Waals surface area contributed by atoms with Crippen molar-refractivity contribution >= 4 is 11.9 Å². The van der Waals surface area contributed by atoms with Crippen molar-refractivity contribution in [2.45, 2.75) is 25.9 Å². The van der Waals surface area contributed by atoms with Crippen molar-refractivity contribution in [3.63, 3.8) is 0 Å². The molecule has 1 atom stereocenters. The lowest BCUT2D eigenvalue weighted by Crippen LogP contribution is -2.43. The highest BCUT2D eigenvalue weighted by molar-refractivity contribution is 5.65. The summed E-state index contributed by atoms with van der Waals surface area (Å²) < 4.78 is 5.66. The molecule has 2 heterocycles. The van der Waals surface area contributed by atoms with Gasteiger partial charge in [0.25, 0.3) is 0 Å². The molecule has 7 nitrogen and oxygen atoms in total. The maximum absolute atomic E-state index is 10.9. The molecule has 7 heteroatoms. The molecule has 0 spiro atoms. The summed E-state index contributed by atoms with van der Waals surface area (Å²) in [6.45, 7) is 3.68. The van der Waals surface area contributed by atoms with Gasteiger partial charge in [0.2, 0.25) is 0 Å². The second-order valence-corrected chi connectivity index (χ2v) is 4.37. The molecule has 0 saturated carbocycles. The van der Waals surface area contributed by atoms with E-state index < -0.39 is 6.09 Å². The van der Waals surface area contributed by atoms with Gasteiger partial charge in [0.15, 0.2) is 0 Å². The van der Waals surface area contributed by atoms with Crippen LogP contribution in [0.1, 0.15) is 19.8 Å². The first-order valence-corrected chi connectivity index (χ1v) is 6.40. The Hall–Kier alpha value is -2.05. The van der Waals surface area contributed by atoms with Crippen molar-refractivity contribution < 1.29 is 14.6 Å². The van der Waals surface area contributed by atoms with Gasteiger partial charge >= 0.3 is 12.1 Å². The van der Waals surface area contributed by atoms with Crippen molar-refractivity contribution in [1.29, 1.82) is 0 Å². The van der Waals surface area contributed by atoms with E-state index in [2.05, 4.69) is 15.3 Å². The average Bonchev–Trinajstić information content (AvgIpc) is 2.40. The van der Waals surface area contributed by atoms with E-state index in [9.17, 15) is 4.79 Å². The molecule has 104 valence electrons. The first-order chi connectivity index (χ1) is 9.19. The topological polar surface area (TPSA) is 87.6 Å². The molecule has 2 rings (SSSR count). The Morgan fingerprint density at radius 1 is 1.68 bits per heavy atom. The Balaban J connectivity index is 1.96. The predicted octanol–water partition coefficient (Wildman–Crippen LogP) is 1.43. The Kier molecular flexibility index (Phi) is 4.38. The molecule has 1 aliphatic rings. The van der Waals surface area contributed by atoms with Crippen LogP contribution in [0.15, 0.2) is 12.3 Å². The molecular weight excluding hydrogens is 248 g/mol. The quantitative estimate of drug-likeness (QED) is 0.857. The summed E-state index contributed by atoms with van der Waals surface area (Å²) in [6, 6.07) is 2.05. The van der Waals surface area contributed by atoms with Crippen LogP contribution in [-0.4, -0.2) is 51.8 Å². The molecule has 1 aliphatic heterocycles. The molecule has 1 amide bonds. The predicted molar refractivity (Wildman–Crippen MR) is 69.4 cm³/mol. The molecular formula is C12H18N4O3. The van der Waals surface area contributed by atoms with E-state index in [1.807, 2.05) is 6.92 Å². The van der Waals surface area contributed by atoms with E-state index in [1.165, 1.54) is 4.90 Å². The Bertz CT molecular complexity index is 441. The number of anilines is 1. The van der Waals surface area contributed by atoms with Gasteiger partial charge in [-0.25, -0.2) is 9.78 Å². The molecule has 0 aromatic carbocycles. The fourth-order valence-corrected chi connectivity index (χ4v) is 2.03. The Morgan fingerprint density at radius 2 is 2.53 bits per heavy atom. The summed E-state index contributed by atoms with van der Waals surface area (Å²) in [6.07, 6.45) is 2.15. The molecule has 1 aromatic rings. The zero-order valence-electron chi connectivity index (χ0n) is 10.9. The maximum Gasteiger partial charge on any atom is 0.407 e. The van der Waals surface area contributed by atoms with Crippen LogP contribution in [0.25, 0.3) is 0 Å². The molecule has 19 heavy (non-hydrogen) atoms. The standard InChI is InChI=1S/C12H18N4O3/c1-2-13-10-5-6-14-11(15-10)19-9-4-3-7-16(8-9)12(17)18/h5-6,9H,2-4,7-8H2,1H3,(H,17,18)(H,13,14,15)/t9-/m1/s1. The Morgan fingerprint density at radius 3 is 3.26 bits per heavy atom. The molecule has 1 aromatic heterocycles. The summed E-state index contributed by atoms with van der Waals surface area (Å²) in [5.74, 6) is 0.707. The van der Waals surface area contributed by atoms with E-state index in [0.29, 0.717) is 18.9 Å². The van der Waals surface area contributed by atoms with Crippen molar-refractivity contribution in [2.24, 2.45) is 0 Å². The highest BCUT2D eigenvalue weighted by Gasteiger charge is 2.25. The highest BCUT2D eigenvalue weighted by atomic mass is 16.5. The summed E-state index contributed by atoms with van der Waals surface area (Å²) in [4.78, 5) is 20.5. The van der Waals surface area contributed by atoms with E-state index >= 15 is 0 Å². The van der Waals surface area contributed by atoms with Crippen LogP contribution >= 0.6 is 0 Å². The SMILES string of the molecule is CCNc1ccnc(O[C@@H]2CCCN(C(=O)O)C2)n1. The van der Waals surface area contributed by atoms with Gasteiger partial charge in [-0.1, -0.05) is 0 Å². The average molecular weight is 266 g/mol. The number of nitrogens with one attached hydrogen (secondary N) is 1. The molecule has 2 N–H and O–H groups in total. The molecule has 0 aliphatic carbocycles. The van der Waals surface area contributed by atoms with Crippen LogP contribution in [0.3, 0.4) is 0 Å². The largest absolute Gasteiger partial charge is 0.465 e. The molecule has 0 unspecified atom stereocenters. The number of aromatic nitrogens is 2. The molecule has 0 bridgehead atoms.